The fraction of sp³-hybridized carbons (Fsp3) is 0.581. The van der Waals surface area contributed by atoms with E-state index in [0.29, 0.717) is 39.8 Å². The molecule has 4 saturated carbocycles. The maximum Gasteiger partial charge on any atom is 0.408 e. The third kappa shape index (κ3) is 8.46. The van der Waals surface area contributed by atoms with E-state index in [2.05, 4.69) is 22.5 Å². The molecule has 4 N–H and O–H groups in total. The van der Waals surface area contributed by atoms with Crippen molar-refractivity contribution in [3.63, 3.8) is 0 Å². The summed E-state index contributed by atoms with van der Waals surface area (Å²) in [6, 6.07) is 5.79. The van der Waals surface area contributed by atoms with Crippen LogP contribution in [0.3, 0.4) is 0 Å². The molecule has 1 aromatic carbocycles. The van der Waals surface area contributed by atoms with E-state index < -0.39 is 53.5 Å². The van der Waals surface area contributed by atoms with Crippen LogP contribution in [-0.2, 0) is 19.1 Å². The molecular formula is C43H54N6O8S. The van der Waals surface area contributed by atoms with Gasteiger partial charge in [-0.3, -0.25) is 9.59 Å². The number of amides is 3. The average Bonchev–Trinajstić information content (AvgIpc) is 3.87. The van der Waals surface area contributed by atoms with E-state index >= 15 is 0 Å². The molecule has 0 bridgehead atoms. The van der Waals surface area contributed by atoms with Crippen molar-refractivity contribution in [3.8, 4) is 22.9 Å². The first kappa shape index (κ1) is 39.9. The standard InChI is InChI=1S/C43H54N6O8S/c1-3-26-22-43(26,40(52)53)48-38(50)35-20-30(23-49(35)39(51)37(25-11-5-4-6-12-25)47-42(54)57-28-15-9-10-16-28)56-36-21-33(45-32-19-29(55-2)17-18-31(32)36)34-24-58-41(46-34)44-27-13-7-8-14-27/h3,17-19,21,24-28,30,35,37H,1,4-16,20,22-23H2,2H3,(H,44,46)(H,47,54)(H,48,50)(H,52,53)/t26-,30-,35+,37+,43-/m0/s1. The molecule has 5 aliphatic rings. The molecule has 3 heterocycles. The van der Waals surface area contributed by atoms with Crippen molar-refractivity contribution in [2.24, 2.45) is 11.8 Å². The molecule has 15 heteroatoms. The number of nitrogens with zero attached hydrogens (tertiary/aromatic N) is 3. The Kier molecular flexibility index (Phi) is 11.8. The first-order valence-electron chi connectivity index (χ1n) is 21.0. The van der Waals surface area contributed by atoms with Crippen LogP contribution >= 0.6 is 11.3 Å². The fourth-order valence-electron chi connectivity index (χ4n) is 9.45. The molecule has 58 heavy (non-hydrogen) atoms. The Labute approximate surface area is 342 Å². The first-order chi connectivity index (χ1) is 28.1. The Morgan fingerprint density at radius 1 is 0.966 bits per heavy atom. The number of alkyl carbamates (subject to hydrolysis) is 1. The minimum absolute atomic E-state index is 0.0336. The normalized spacial score (nSPS) is 25.6. The van der Waals surface area contributed by atoms with Crippen molar-refractivity contribution in [2.45, 2.75) is 132 Å². The molecule has 14 nitrogen and oxygen atoms in total. The fourth-order valence-corrected chi connectivity index (χ4v) is 10.2. The van der Waals surface area contributed by atoms with Crippen LogP contribution in [0.25, 0.3) is 22.3 Å². The van der Waals surface area contributed by atoms with E-state index in [0.717, 1.165) is 75.8 Å². The number of ether oxygens (including phenoxy) is 3. The largest absolute Gasteiger partial charge is 0.497 e. The lowest BCUT2D eigenvalue weighted by atomic mass is 9.83. The Morgan fingerprint density at radius 3 is 2.41 bits per heavy atom. The summed E-state index contributed by atoms with van der Waals surface area (Å²) < 4.78 is 18.1. The third-order valence-electron chi connectivity index (χ3n) is 12.8. The molecule has 4 aliphatic carbocycles. The number of anilines is 1. The SMILES string of the molecule is C=C[C@H]1C[C@@]1(NC(=O)[C@H]1C[C@H](Oc2cc(-c3csc(NC4CCCC4)n3)nc3cc(OC)ccc23)CN1C(=O)[C@H](NC(=O)OC1CCCC1)C1CCCCC1)C(=O)O. The molecule has 0 unspecified atom stereocenters. The molecule has 5 fully saturated rings. The summed E-state index contributed by atoms with van der Waals surface area (Å²) in [6.45, 7) is 3.80. The summed E-state index contributed by atoms with van der Waals surface area (Å²) in [5.41, 5.74) is 0.418. The Hall–Kier alpha value is -4.92. The molecule has 2 aromatic heterocycles. The number of hydrogen-bond donors (Lipinski definition) is 4. The zero-order valence-electron chi connectivity index (χ0n) is 33.1. The van der Waals surface area contributed by atoms with Crippen LogP contribution in [0.2, 0.25) is 0 Å². The number of carboxylic acids is 1. The number of carbonyl (C=O) groups is 4. The zero-order chi connectivity index (χ0) is 40.4. The quantitative estimate of drug-likeness (QED) is 0.125. The first-order valence-corrected chi connectivity index (χ1v) is 21.9. The lowest BCUT2D eigenvalue weighted by Gasteiger charge is -2.34. The topological polar surface area (TPSA) is 181 Å². The lowest BCUT2D eigenvalue weighted by Crippen LogP contribution is -2.58. The summed E-state index contributed by atoms with van der Waals surface area (Å²) >= 11 is 1.53. The van der Waals surface area contributed by atoms with Gasteiger partial charge in [0.05, 0.1) is 24.9 Å². The van der Waals surface area contributed by atoms with Crippen LogP contribution in [0.1, 0.15) is 96.3 Å². The summed E-state index contributed by atoms with van der Waals surface area (Å²) in [6.07, 6.45) is 13.0. The van der Waals surface area contributed by atoms with E-state index in [1.807, 2.05) is 29.6 Å². The number of carbonyl (C=O) groups excluding carboxylic acids is 3. The molecule has 0 radical (unpaired) electrons. The van der Waals surface area contributed by atoms with Crippen molar-refractivity contribution in [1.29, 1.82) is 0 Å². The molecule has 0 spiro atoms. The summed E-state index contributed by atoms with van der Waals surface area (Å²) in [7, 11) is 1.59. The number of benzene rings is 1. The van der Waals surface area contributed by atoms with Gasteiger partial charge in [0.15, 0.2) is 5.13 Å². The lowest BCUT2D eigenvalue weighted by molar-refractivity contribution is -0.146. The number of nitrogens with one attached hydrogen (secondary N) is 3. The number of fused-ring (bicyclic) bond motifs is 1. The van der Waals surface area contributed by atoms with Gasteiger partial charge in [0, 0.05) is 41.3 Å². The summed E-state index contributed by atoms with van der Waals surface area (Å²) in [4.78, 5) is 66.2. The molecule has 310 valence electrons. The highest BCUT2D eigenvalue weighted by molar-refractivity contribution is 7.14. The van der Waals surface area contributed by atoms with Crippen LogP contribution in [0, 0.1) is 11.8 Å². The molecule has 5 atom stereocenters. The highest BCUT2D eigenvalue weighted by Gasteiger charge is 2.61. The van der Waals surface area contributed by atoms with Gasteiger partial charge in [0.25, 0.3) is 0 Å². The van der Waals surface area contributed by atoms with E-state index in [4.69, 9.17) is 24.2 Å². The van der Waals surface area contributed by atoms with E-state index in [1.165, 1.54) is 35.2 Å². The highest BCUT2D eigenvalue weighted by Crippen LogP contribution is 2.45. The predicted molar refractivity (Wildman–Crippen MR) is 219 cm³/mol. The number of methoxy groups -OCH3 is 1. The highest BCUT2D eigenvalue weighted by atomic mass is 32.1. The van der Waals surface area contributed by atoms with Gasteiger partial charge < -0.3 is 40.2 Å². The number of carboxylic acid groups (broad SMARTS) is 1. The molecule has 8 rings (SSSR count). The number of aromatic nitrogens is 2. The van der Waals surface area contributed by atoms with Crippen LogP contribution in [0.5, 0.6) is 11.5 Å². The maximum atomic E-state index is 14.9. The zero-order valence-corrected chi connectivity index (χ0v) is 33.9. The van der Waals surface area contributed by atoms with Gasteiger partial charge in [-0.15, -0.1) is 17.9 Å². The number of hydrogen-bond acceptors (Lipinski definition) is 11. The van der Waals surface area contributed by atoms with Crippen LogP contribution in [-0.4, -0.2) is 93.4 Å². The van der Waals surface area contributed by atoms with Gasteiger partial charge >= 0.3 is 12.1 Å². The van der Waals surface area contributed by atoms with Crippen LogP contribution in [0.15, 0.2) is 42.3 Å². The van der Waals surface area contributed by atoms with Gasteiger partial charge in [-0.2, -0.15) is 0 Å². The average molecular weight is 815 g/mol. The van der Waals surface area contributed by atoms with Crippen molar-refractivity contribution < 1.29 is 38.5 Å². The Morgan fingerprint density at radius 2 is 1.71 bits per heavy atom. The number of thiazole rings is 1. The van der Waals surface area contributed by atoms with Crippen molar-refractivity contribution >= 4 is 51.2 Å². The second kappa shape index (κ2) is 17.1. The Bertz CT molecular complexity index is 2020. The van der Waals surface area contributed by atoms with Gasteiger partial charge in [0.2, 0.25) is 11.8 Å². The van der Waals surface area contributed by atoms with Gasteiger partial charge in [0.1, 0.15) is 47.0 Å². The number of aliphatic carboxylic acids is 1. The monoisotopic (exact) mass is 814 g/mol. The number of pyridine rings is 1. The van der Waals surface area contributed by atoms with E-state index in [-0.39, 0.29) is 31.4 Å². The van der Waals surface area contributed by atoms with Gasteiger partial charge in [-0.05, 0) is 75.8 Å². The minimum Gasteiger partial charge on any atom is -0.497 e. The van der Waals surface area contributed by atoms with E-state index in [9.17, 15) is 24.3 Å². The molecule has 1 aliphatic heterocycles. The third-order valence-corrected chi connectivity index (χ3v) is 13.6. The molecule has 1 saturated heterocycles. The molecule has 3 amide bonds. The second-order valence-electron chi connectivity index (χ2n) is 16.7. The van der Waals surface area contributed by atoms with Crippen molar-refractivity contribution in [3.05, 3.63) is 42.3 Å². The number of rotatable bonds is 14. The van der Waals surface area contributed by atoms with Crippen molar-refractivity contribution in [2.75, 3.05) is 19.0 Å². The predicted octanol–water partition coefficient (Wildman–Crippen LogP) is 6.83. The second-order valence-corrected chi connectivity index (χ2v) is 17.5. The van der Waals surface area contributed by atoms with E-state index in [1.54, 1.807) is 7.11 Å². The van der Waals surface area contributed by atoms with Crippen LogP contribution in [0.4, 0.5) is 9.93 Å². The summed E-state index contributed by atoms with van der Waals surface area (Å²) in [5, 5.41) is 23.0. The van der Waals surface area contributed by atoms with Gasteiger partial charge in [-0.1, -0.05) is 38.2 Å². The van der Waals surface area contributed by atoms with Crippen LogP contribution < -0.4 is 25.4 Å². The number of likely N-dealkylation sites (tertiary alicyclic amines) is 1. The summed E-state index contributed by atoms with van der Waals surface area (Å²) in [5.74, 6) is -1.61. The Balaban J connectivity index is 1.09. The minimum atomic E-state index is -1.49. The van der Waals surface area contributed by atoms with Crippen molar-refractivity contribution in [1.82, 2.24) is 25.5 Å². The molecular weight excluding hydrogens is 761 g/mol. The smallest absolute Gasteiger partial charge is 0.408 e. The molecule has 3 aromatic rings. The van der Waals surface area contributed by atoms with Gasteiger partial charge in [-0.25, -0.2) is 19.6 Å². The maximum absolute atomic E-state index is 14.9.